The normalized spacial score (nSPS) is 29.8. The average Bonchev–Trinajstić information content (AvgIpc) is 2.34. The maximum absolute atomic E-state index is 14.2. The molecule has 1 aliphatic carbocycles. The molecule has 2 fully saturated rings. The maximum atomic E-state index is 14.2. The Labute approximate surface area is 121 Å². The summed E-state index contributed by atoms with van der Waals surface area (Å²) in [5.74, 6) is 0.381. The smallest absolute Gasteiger partial charge is 0.127 e. The van der Waals surface area contributed by atoms with E-state index in [9.17, 15) is 4.39 Å². The fourth-order valence-electron chi connectivity index (χ4n) is 3.48. The molecule has 0 atom stereocenters. The first-order chi connectivity index (χ1) is 9.12. The summed E-state index contributed by atoms with van der Waals surface area (Å²) in [4.78, 5) is 0. The van der Waals surface area contributed by atoms with Gasteiger partial charge in [0.2, 0.25) is 0 Å². The second kappa shape index (κ2) is 5.15. The minimum Gasteiger partial charge on any atom is -0.379 e. The zero-order valence-corrected chi connectivity index (χ0v) is 12.5. The number of nitrogens with two attached hydrogens (primary N) is 1. The van der Waals surface area contributed by atoms with Gasteiger partial charge in [0.15, 0.2) is 0 Å². The zero-order valence-electron chi connectivity index (χ0n) is 10.9. The molecule has 0 aromatic heterocycles. The van der Waals surface area contributed by atoms with Crippen LogP contribution in [0.3, 0.4) is 0 Å². The second-order valence-corrected chi connectivity index (χ2v) is 6.80. The third-order valence-corrected chi connectivity index (χ3v) is 5.23. The van der Waals surface area contributed by atoms with E-state index in [1.807, 2.05) is 6.07 Å². The Morgan fingerprint density at radius 2 is 1.89 bits per heavy atom. The molecule has 2 nitrogen and oxygen atoms in total. The van der Waals surface area contributed by atoms with E-state index in [1.54, 1.807) is 12.1 Å². The van der Waals surface area contributed by atoms with Gasteiger partial charge in [0.1, 0.15) is 5.82 Å². The van der Waals surface area contributed by atoms with Gasteiger partial charge in [-0.3, -0.25) is 0 Å². The molecule has 2 N–H and O–H groups in total. The van der Waals surface area contributed by atoms with Crippen molar-refractivity contribution >= 4 is 15.9 Å². The van der Waals surface area contributed by atoms with E-state index >= 15 is 0 Å². The third-order valence-electron chi connectivity index (χ3n) is 4.74. The van der Waals surface area contributed by atoms with Crippen molar-refractivity contribution in [2.24, 2.45) is 11.7 Å². The zero-order chi connectivity index (χ0) is 13.5. The van der Waals surface area contributed by atoms with Crippen molar-refractivity contribution in [3.05, 3.63) is 34.1 Å². The number of benzene rings is 1. The maximum Gasteiger partial charge on any atom is 0.127 e. The SMILES string of the molecule is NC1CCC(C2(c3cc(Br)ccc3F)COC2)CC1. The van der Waals surface area contributed by atoms with Crippen molar-refractivity contribution in [1.29, 1.82) is 0 Å². The first-order valence-electron chi connectivity index (χ1n) is 6.91. The van der Waals surface area contributed by atoms with Crippen LogP contribution in [0.4, 0.5) is 4.39 Å². The van der Waals surface area contributed by atoms with Crippen LogP contribution in [0, 0.1) is 11.7 Å². The van der Waals surface area contributed by atoms with Crippen LogP contribution < -0.4 is 5.73 Å². The summed E-state index contributed by atoms with van der Waals surface area (Å²) in [6.45, 7) is 1.28. The molecule has 0 radical (unpaired) electrons. The van der Waals surface area contributed by atoms with Crippen molar-refractivity contribution in [2.45, 2.75) is 37.1 Å². The van der Waals surface area contributed by atoms with E-state index in [0.29, 0.717) is 25.2 Å². The first-order valence-corrected chi connectivity index (χ1v) is 7.70. The van der Waals surface area contributed by atoms with E-state index in [-0.39, 0.29) is 11.2 Å². The molecule has 4 heteroatoms. The number of halogens is 2. The van der Waals surface area contributed by atoms with Gasteiger partial charge in [-0.2, -0.15) is 0 Å². The highest BCUT2D eigenvalue weighted by Gasteiger charge is 2.49. The van der Waals surface area contributed by atoms with Crippen LogP contribution in [-0.2, 0) is 10.2 Å². The molecule has 1 saturated heterocycles. The van der Waals surface area contributed by atoms with Crippen molar-refractivity contribution < 1.29 is 9.13 Å². The van der Waals surface area contributed by atoms with Gasteiger partial charge in [0.25, 0.3) is 0 Å². The largest absolute Gasteiger partial charge is 0.379 e. The first kappa shape index (κ1) is 13.5. The van der Waals surface area contributed by atoms with Gasteiger partial charge < -0.3 is 10.5 Å². The summed E-state index contributed by atoms with van der Waals surface area (Å²) in [7, 11) is 0. The van der Waals surface area contributed by atoms with Gasteiger partial charge in [0.05, 0.1) is 13.2 Å². The van der Waals surface area contributed by atoms with Crippen LogP contribution in [-0.4, -0.2) is 19.3 Å². The predicted octanol–water partition coefficient (Wildman–Crippen LogP) is 3.37. The Bertz CT molecular complexity index is 467. The monoisotopic (exact) mass is 327 g/mol. The number of hydrogen-bond acceptors (Lipinski definition) is 2. The highest BCUT2D eigenvalue weighted by Crippen LogP contribution is 2.47. The molecule has 1 aliphatic heterocycles. The number of hydrogen-bond donors (Lipinski definition) is 1. The van der Waals surface area contributed by atoms with Gasteiger partial charge >= 0.3 is 0 Å². The van der Waals surface area contributed by atoms with Gasteiger partial charge in [0, 0.05) is 21.5 Å². The lowest BCUT2D eigenvalue weighted by Gasteiger charge is -2.49. The van der Waals surface area contributed by atoms with E-state index in [0.717, 1.165) is 35.7 Å². The Kier molecular flexibility index (Phi) is 3.67. The lowest BCUT2D eigenvalue weighted by Crippen LogP contribution is -2.54. The minimum absolute atomic E-state index is 0.110. The Balaban J connectivity index is 1.92. The van der Waals surface area contributed by atoms with E-state index < -0.39 is 0 Å². The molecule has 1 heterocycles. The fourth-order valence-corrected chi connectivity index (χ4v) is 3.85. The highest BCUT2D eigenvalue weighted by atomic mass is 79.9. The Hall–Kier alpha value is -0.450. The molecule has 2 aliphatic rings. The predicted molar refractivity (Wildman–Crippen MR) is 76.5 cm³/mol. The molecule has 104 valence electrons. The second-order valence-electron chi connectivity index (χ2n) is 5.88. The van der Waals surface area contributed by atoms with Crippen molar-refractivity contribution in [1.82, 2.24) is 0 Å². The number of ether oxygens (including phenoxy) is 1. The van der Waals surface area contributed by atoms with Crippen molar-refractivity contribution in [3.63, 3.8) is 0 Å². The molecular formula is C15H19BrFNO. The summed E-state index contributed by atoms with van der Waals surface area (Å²) >= 11 is 3.45. The summed E-state index contributed by atoms with van der Waals surface area (Å²) in [5, 5.41) is 0. The average molecular weight is 328 g/mol. The van der Waals surface area contributed by atoms with Crippen molar-refractivity contribution in [3.8, 4) is 0 Å². The lowest BCUT2D eigenvalue weighted by atomic mass is 9.63. The van der Waals surface area contributed by atoms with Crippen molar-refractivity contribution in [2.75, 3.05) is 13.2 Å². The molecular weight excluding hydrogens is 309 g/mol. The lowest BCUT2D eigenvalue weighted by molar-refractivity contribution is -0.0999. The molecule has 3 rings (SSSR count). The molecule has 19 heavy (non-hydrogen) atoms. The fraction of sp³-hybridized carbons (Fsp3) is 0.600. The standard InChI is InChI=1S/C15H19BrFNO/c16-11-3-6-14(17)13(7-11)15(8-19-9-15)10-1-4-12(18)5-2-10/h3,6-7,10,12H,1-2,4-5,8-9,18H2. The van der Waals surface area contributed by atoms with E-state index in [4.69, 9.17) is 10.5 Å². The van der Waals surface area contributed by atoms with Gasteiger partial charge in [-0.25, -0.2) is 4.39 Å². The van der Waals surface area contributed by atoms with Crippen LogP contribution >= 0.6 is 15.9 Å². The van der Waals surface area contributed by atoms with Gasteiger partial charge in [-0.15, -0.1) is 0 Å². The molecule has 1 aromatic carbocycles. The topological polar surface area (TPSA) is 35.2 Å². The summed E-state index contributed by atoms with van der Waals surface area (Å²) in [5.41, 5.74) is 6.66. The molecule has 1 saturated carbocycles. The Morgan fingerprint density at radius 1 is 1.21 bits per heavy atom. The molecule has 1 aromatic rings. The summed E-state index contributed by atoms with van der Waals surface area (Å²) in [6.07, 6.45) is 4.25. The number of rotatable bonds is 2. The van der Waals surface area contributed by atoms with Gasteiger partial charge in [-0.1, -0.05) is 15.9 Å². The highest BCUT2D eigenvalue weighted by molar-refractivity contribution is 9.10. The van der Waals surface area contributed by atoms with Crippen LogP contribution in [0.2, 0.25) is 0 Å². The molecule has 0 spiro atoms. The summed E-state index contributed by atoms with van der Waals surface area (Å²) < 4.78 is 20.6. The molecule has 0 bridgehead atoms. The summed E-state index contributed by atoms with van der Waals surface area (Å²) in [6, 6.07) is 5.55. The minimum atomic E-state index is -0.131. The molecule has 0 unspecified atom stereocenters. The van der Waals surface area contributed by atoms with Gasteiger partial charge in [-0.05, 0) is 49.8 Å². The van der Waals surface area contributed by atoms with Crippen LogP contribution in [0.1, 0.15) is 31.2 Å². The quantitative estimate of drug-likeness (QED) is 0.903. The Morgan fingerprint density at radius 3 is 2.47 bits per heavy atom. The van der Waals surface area contributed by atoms with E-state index in [1.165, 1.54) is 0 Å². The van der Waals surface area contributed by atoms with Crippen LogP contribution in [0.15, 0.2) is 22.7 Å². The van der Waals surface area contributed by atoms with Crippen LogP contribution in [0.5, 0.6) is 0 Å². The van der Waals surface area contributed by atoms with E-state index in [2.05, 4.69) is 15.9 Å². The molecule has 0 amide bonds. The third kappa shape index (κ3) is 2.34. The van der Waals surface area contributed by atoms with Crippen LogP contribution in [0.25, 0.3) is 0 Å².